The SMILES string of the molecule is COc1c(C[C@H](N)[C@H]2c3c(O)c4c(c(OC)c3C[C@@H]([C@H](C#N)N3CCOCC3)N2C)CC(C)(C)O4)cc(O)c2c1C[C@H](C)O2. The van der Waals surface area contributed by atoms with Crippen molar-refractivity contribution in [1.82, 2.24) is 9.80 Å². The summed E-state index contributed by atoms with van der Waals surface area (Å²) in [5.74, 6) is 2.34. The van der Waals surface area contributed by atoms with E-state index in [1.807, 2.05) is 27.8 Å². The Balaban J connectivity index is 1.47. The number of morpholine rings is 1. The Labute approximate surface area is 259 Å². The Morgan fingerprint density at radius 3 is 2.45 bits per heavy atom. The molecule has 0 aromatic heterocycles. The highest BCUT2D eigenvalue weighted by Crippen LogP contribution is 2.55. The number of fused-ring (bicyclic) bond motifs is 3. The van der Waals surface area contributed by atoms with E-state index in [1.54, 1.807) is 20.3 Å². The number of nitrogens with zero attached hydrogens (tertiary/aromatic N) is 3. The van der Waals surface area contributed by atoms with Crippen LogP contribution in [0.15, 0.2) is 6.07 Å². The Morgan fingerprint density at radius 2 is 1.80 bits per heavy atom. The molecular weight excluding hydrogens is 564 g/mol. The van der Waals surface area contributed by atoms with E-state index in [-0.39, 0.29) is 23.6 Å². The molecular formula is C33H44N4O7. The highest BCUT2D eigenvalue weighted by Gasteiger charge is 2.47. The van der Waals surface area contributed by atoms with Crippen molar-refractivity contribution in [2.24, 2.45) is 5.73 Å². The number of likely N-dealkylation sites (N-methyl/N-ethyl adjacent to an activating group) is 1. The zero-order chi connectivity index (χ0) is 31.5. The van der Waals surface area contributed by atoms with E-state index >= 15 is 0 Å². The first-order valence-electron chi connectivity index (χ1n) is 15.4. The third kappa shape index (κ3) is 4.98. The van der Waals surface area contributed by atoms with Crippen molar-refractivity contribution in [2.45, 2.75) is 82.3 Å². The van der Waals surface area contributed by atoms with Crippen molar-refractivity contribution in [3.63, 3.8) is 0 Å². The number of hydrogen-bond donors (Lipinski definition) is 3. The predicted octanol–water partition coefficient (Wildman–Crippen LogP) is 2.84. The minimum Gasteiger partial charge on any atom is -0.504 e. The first-order valence-corrected chi connectivity index (χ1v) is 15.4. The fourth-order valence-corrected chi connectivity index (χ4v) is 7.84. The smallest absolute Gasteiger partial charge is 0.169 e. The molecule has 11 heteroatoms. The third-order valence-corrected chi connectivity index (χ3v) is 9.67. The van der Waals surface area contributed by atoms with Crippen LogP contribution in [0.3, 0.4) is 0 Å². The van der Waals surface area contributed by atoms with Gasteiger partial charge in [0.1, 0.15) is 29.2 Å². The molecule has 4 aliphatic rings. The summed E-state index contributed by atoms with van der Waals surface area (Å²) in [6.07, 6.45) is 1.95. The molecule has 0 radical (unpaired) electrons. The number of rotatable bonds is 7. The maximum Gasteiger partial charge on any atom is 0.169 e. The zero-order valence-corrected chi connectivity index (χ0v) is 26.5. The largest absolute Gasteiger partial charge is 0.504 e. The molecule has 1 saturated heterocycles. The van der Waals surface area contributed by atoms with Crippen molar-refractivity contribution < 1.29 is 33.9 Å². The number of phenols is 2. The van der Waals surface area contributed by atoms with Crippen molar-refractivity contribution in [3.05, 3.63) is 33.9 Å². The van der Waals surface area contributed by atoms with E-state index in [4.69, 9.17) is 29.4 Å². The topological polar surface area (TPSA) is 143 Å². The summed E-state index contributed by atoms with van der Waals surface area (Å²) in [5.41, 5.74) is 10.6. The molecule has 6 rings (SSSR count). The van der Waals surface area contributed by atoms with Crippen LogP contribution in [0.25, 0.3) is 0 Å². The summed E-state index contributed by atoms with van der Waals surface area (Å²) in [6.45, 7) is 8.40. The molecule has 0 bridgehead atoms. The van der Waals surface area contributed by atoms with Gasteiger partial charge in [0.05, 0.1) is 39.5 Å². The molecule has 11 nitrogen and oxygen atoms in total. The van der Waals surface area contributed by atoms with Crippen LogP contribution in [0.4, 0.5) is 0 Å². The van der Waals surface area contributed by atoms with Crippen LogP contribution in [0, 0.1) is 11.3 Å². The second-order valence-corrected chi connectivity index (χ2v) is 13.1. The van der Waals surface area contributed by atoms with Gasteiger partial charge in [0.25, 0.3) is 0 Å². The quantitative estimate of drug-likeness (QED) is 0.427. The van der Waals surface area contributed by atoms with Gasteiger partial charge in [-0.05, 0) is 52.3 Å². The summed E-state index contributed by atoms with van der Waals surface area (Å²) in [4.78, 5) is 4.31. The molecule has 0 unspecified atom stereocenters. The van der Waals surface area contributed by atoms with Gasteiger partial charge in [-0.15, -0.1) is 0 Å². The Hall–Kier alpha value is -3.43. The first-order chi connectivity index (χ1) is 21.0. The van der Waals surface area contributed by atoms with E-state index in [9.17, 15) is 15.5 Å². The maximum absolute atomic E-state index is 11.9. The van der Waals surface area contributed by atoms with Crippen molar-refractivity contribution in [3.8, 4) is 40.6 Å². The van der Waals surface area contributed by atoms with Gasteiger partial charge >= 0.3 is 0 Å². The summed E-state index contributed by atoms with van der Waals surface area (Å²) in [5, 5.41) is 33.3. The molecule has 0 aliphatic carbocycles. The molecule has 4 aliphatic heterocycles. The number of methoxy groups -OCH3 is 2. The van der Waals surface area contributed by atoms with Gasteiger partial charge in [0, 0.05) is 60.3 Å². The standard InChI is InChI=1S/C33H44N4O7/c1-17-11-20-29(40-5)18(13-25(38)31(20)43-17)12-22(35)27-26-19(30(41-6)21-15-33(2,3)44-32(21)28(26)39)14-23(36(27)4)24(16-34)37-7-9-42-10-8-37/h13,17,22-24,27,38-39H,7-12,14-15,35H2,1-6H3/t17-,22-,23-,24-,27-/m0/s1. The summed E-state index contributed by atoms with van der Waals surface area (Å²) < 4.78 is 29.7. The van der Waals surface area contributed by atoms with Crippen molar-refractivity contribution in [2.75, 3.05) is 47.6 Å². The van der Waals surface area contributed by atoms with Gasteiger partial charge in [-0.1, -0.05) is 0 Å². The molecule has 238 valence electrons. The van der Waals surface area contributed by atoms with Crippen molar-refractivity contribution in [1.29, 1.82) is 5.26 Å². The molecule has 4 N–H and O–H groups in total. The van der Waals surface area contributed by atoms with Crippen LogP contribution < -0.4 is 24.7 Å². The monoisotopic (exact) mass is 608 g/mol. The molecule has 2 aromatic carbocycles. The third-order valence-electron chi connectivity index (χ3n) is 9.67. The molecule has 4 heterocycles. The lowest BCUT2D eigenvalue weighted by Crippen LogP contribution is -2.58. The Kier molecular flexibility index (Phi) is 7.99. The summed E-state index contributed by atoms with van der Waals surface area (Å²) in [6, 6.07) is 2.49. The van der Waals surface area contributed by atoms with Gasteiger partial charge in [0.15, 0.2) is 23.0 Å². The van der Waals surface area contributed by atoms with E-state index in [2.05, 4.69) is 15.9 Å². The van der Waals surface area contributed by atoms with Gasteiger partial charge in [-0.2, -0.15) is 5.26 Å². The van der Waals surface area contributed by atoms with E-state index < -0.39 is 23.7 Å². The highest BCUT2D eigenvalue weighted by molar-refractivity contribution is 5.67. The average Bonchev–Trinajstić information content (AvgIpc) is 3.54. The van der Waals surface area contributed by atoms with E-state index in [0.717, 1.165) is 22.3 Å². The lowest BCUT2D eigenvalue weighted by Gasteiger charge is -2.48. The number of benzene rings is 2. The van der Waals surface area contributed by atoms with Crippen LogP contribution >= 0.6 is 0 Å². The van der Waals surface area contributed by atoms with Crippen LogP contribution in [0.1, 0.15) is 54.6 Å². The number of hydrogen-bond acceptors (Lipinski definition) is 11. The molecule has 0 amide bonds. The number of nitrogens with two attached hydrogens (primary N) is 1. The minimum absolute atomic E-state index is 0.0532. The first kappa shape index (κ1) is 30.6. The fraction of sp³-hybridized carbons (Fsp3) is 0.606. The average molecular weight is 609 g/mol. The number of nitriles is 1. The van der Waals surface area contributed by atoms with Crippen LogP contribution in [-0.2, 0) is 30.4 Å². The predicted molar refractivity (Wildman–Crippen MR) is 163 cm³/mol. The molecule has 1 fully saturated rings. The van der Waals surface area contributed by atoms with Crippen LogP contribution in [-0.4, -0.2) is 97.4 Å². The normalized spacial score (nSPS) is 25.5. The van der Waals surface area contributed by atoms with Crippen molar-refractivity contribution >= 4 is 0 Å². The molecule has 5 atom stereocenters. The molecule has 0 spiro atoms. The Morgan fingerprint density at radius 1 is 1.09 bits per heavy atom. The second-order valence-electron chi connectivity index (χ2n) is 13.1. The van der Waals surface area contributed by atoms with Gasteiger partial charge < -0.3 is 39.6 Å². The molecule has 2 aromatic rings. The molecule has 0 saturated carbocycles. The summed E-state index contributed by atoms with van der Waals surface area (Å²) in [7, 11) is 5.23. The Bertz CT molecular complexity index is 1480. The zero-order valence-electron chi connectivity index (χ0n) is 26.5. The second kappa shape index (κ2) is 11.5. The minimum atomic E-state index is -0.570. The number of aromatic hydroxyl groups is 2. The van der Waals surface area contributed by atoms with E-state index in [0.29, 0.717) is 80.5 Å². The van der Waals surface area contributed by atoms with Crippen LogP contribution in [0.2, 0.25) is 0 Å². The fourth-order valence-electron chi connectivity index (χ4n) is 7.84. The highest BCUT2D eigenvalue weighted by atomic mass is 16.5. The lowest BCUT2D eigenvalue weighted by molar-refractivity contribution is -0.00229. The van der Waals surface area contributed by atoms with Gasteiger partial charge in [0.2, 0.25) is 0 Å². The molecule has 44 heavy (non-hydrogen) atoms. The van der Waals surface area contributed by atoms with Crippen LogP contribution in [0.5, 0.6) is 34.5 Å². The van der Waals surface area contributed by atoms with Gasteiger partial charge in [-0.3, -0.25) is 9.80 Å². The number of ether oxygens (including phenoxy) is 5. The number of phenolic OH excluding ortho intramolecular Hbond substituents is 2. The lowest BCUT2D eigenvalue weighted by atomic mass is 9.79. The van der Waals surface area contributed by atoms with E-state index in [1.165, 1.54) is 0 Å². The maximum atomic E-state index is 11.9. The summed E-state index contributed by atoms with van der Waals surface area (Å²) >= 11 is 0. The van der Waals surface area contributed by atoms with Gasteiger partial charge in [-0.25, -0.2) is 0 Å².